The number of aryl methyl sites for hydroxylation is 1. The highest BCUT2D eigenvalue weighted by molar-refractivity contribution is 7.80. The minimum atomic E-state index is -0.349. The van der Waals surface area contributed by atoms with Gasteiger partial charge in [0, 0.05) is 31.1 Å². The molecule has 6 nitrogen and oxygen atoms in total. The van der Waals surface area contributed by atoms with Crippen molar-refractivity contribution in [3.05, 3.63) is 40.7 Å². The van der Waals surface area contributed by atoms with Crippen LogP contribution in [-0.4, -0.2) is 54.2 Å². The second-order valence-electron chi connectivity index (χ2n) is 5.86. The molecule has 0 aliphatic carbocycles. The number of thiocarbonyl (C=S) groups is 1. The molecule has 1 aliphatic rings. The molecule has 25 heavy (non-hydrogen) atoms. The van der Waals surface area contributed by atoms with E-state index in [2.05, 4.69) is 15.1 Å². The lowest BCUT2D eigenvalue weighted by Crippen LogP contribution is -2.49. The van der Waals surface area contributed by atoms with E-state index >= 15 is 0 Å². The molecule has 0 bridgehead atoms. The zero-order chi connectivity index (χ0) is 17.8. The number of thiophene rings is 1. The summed E-state index contributed by atoms with van der Waals surface area (Å²) in [4.78, 5) is 17.4. The normalized spacial score (nSPS) is 15.2. The topological polar surface area (TPSA) is 58.0 Å². The zero-order valence-corrected chi connectivity index (χ0v) is 15.9. The number of carbonyl (C=O) groups is 1. The molecule has 1 aliphatic heterocycles. The van der Waals surface area contributed by atoms with Crippen LogP contribution >= 0.6 is 23.6 Å². The Kier molecular flexibility index (Phi) is 5.72. The summed E-state index contributed by atoms with van der Waals surface area (Å²) in [5, 5.41) is 4.60. The van der Waals surface area contributed by atoms with E-state index in [1.165, 1.54) is 18.4 Å². The van der Waals surface area contributed by atoms with E-state index in [1.54, 1.807) is 6.26 Å². The fraction of sp³-hybridized carbons (Fsp3) is 0.412. The van der Waals surface area contributed by atoms with E-state index in [9.17, 15) is 4.79 Å². The summed E-state index contributed by atoms with van der Waals surface area (Å²) < 4.78 is 10.2. The van der Waals surface area contributed by atoms with Crippen LogP contribution in [0.3, 0.4) is 0 Å². The smallest absolute Gasteiger partial charge is 0.340 e. The Morgan fingerprint density at radius 3 is 2.80 bits per heavy atom. The molecular weight excluding hydrogens is 358 g/mol. The quantitative estimate of drug-likeness (QED) is 0.647. The Morgan fingerprint density at radius 1 is 1.40 bits per heavy atom. The molecule has 2 aromatic heterocycles. The van der Waals surface area contributed by atoms with Crippen LogP contribution < -0.4 is 5.32 Å². The highest BCUT2D eigenvalue weighted by atomic mass is 32.1. The zero-order valence-electron chi connectivity index (χ0n) is 14.3. The van der Waals surface area contributed by atoms with E-state index in [1.807, 2.05) is 25.1 Å². The Labute approximate surface area is 156 Å². The van der Waals surface area contributed by atoms with Crippen molar-refractivity contribution in [1.82, 2.24) is 9.80 Å². The number of anilines is 1. The van der Waals surface area contributed by atoms with Crippen molar-refractivity contribution < 1.29 is 13.9 Å². The van der Waals surface area contributed by atoms with Crippen LogP contribution in [0.15, 0.2) is 28.9 Å². The van der Waals surface area contributed by atoms with Gasteiger partial charge in [-0.25, -0.2) is 4.79 Å². The first-order valence-electron chi connectivity index (χ1n) is 8.06. The van der Waals surface area contributed by atoms with Crippen LogP contribution in [0.1, 0.15) is 21.0 Å². The van der Waals surface area contributed by atoms with Crippen molar-refractivity contribution >= 4 is 39.6 Å². The Hall–Kier alpha value is -1.90. The highest BCUT2D eigenvalue weighted by Crippen LogP contribution is 2.28. The number of hydrogen-bond acceptors (Lipinski definition) is 6. The van der Waals surface area contributed by atoms with Crippen molar-refractivity contribution in [3.8, 4) is 0 Å². The fourth-order valence-electron chi connectivity index (χ4n) is 2.78. The summed E-state index contributed by atoms with van der Waals surface area (Å²) in [5.74, 6) is 0.629. The molecule has 1 N–H and O–H groups in total. The summed E-state index contributed by atoms with van der Waals surface area (Å²) in [5.41, 5.74) is 0.531. The molecule has 3 heterocycles. The molecule has 134 valence electrons. The molecule has 0 aromatic carbocycles. The molecule has 0 radical (unpaired) electrons. The van der Waals surface area contributed by atoms with Gasteiger partial charge in [0.05, 0.1) is 25.5 Å². The van der Waals surface area contributed by atoms with Gasteiger partial charge in [-0.2, -0.15) is 0 Å². The van der Waals surface area contributed by atoms with Gasteiger partial charge in [-0.15, -0.1) is 11.3 Å². The van der Waals surface area contributed by atoms with Gasteiger partial charge < -0.3 is 19.4 Å². The van der Waals surface area contributed by atoms with E-state index < -0.39 is 0 Å². The van der Waals surface area contributed by atoms with Crippen molar-refractivity contribution in [3.63, 3.8) is 0 Å². The maximum atomic E-state index is 11.9. The third kappa shape index (κ3) is 4.39. The van der Waals surface area contributed by atoms with Crippen LogP contribution in [-0.2, 0) is 11.3 Å². The number of hydrogen-bond donors (Lipinski definition) is 1. The molecule has 0 atom stereocenters. The van der Waals surface area contributed by atoms with Crippen LogP contribution in [0.4, 0.5) is 5.00 Å². The van der Waals surface area contributed by atoms with E-state index in [0.29, 0.717) is 10.7 Å². The lowest BCUT2D eigenvalue weighted by atomic mass is 10.3. The number of esters is 1. The molecule has 8 heteroatoms. The molecule has 2 aromatic rings. The minimum absolute atomic E-state index is 0.349. The number of piperazine rings is 1. The van der Waals surface area contributed by atoms with Gasteiger partial charge >= 0.3 is 5.97 Å². The first-order chi connectivity index (χ1) is 12.1. The van der Waals surface area contributed by atoms with Crippen LogP contribution in [0.2, 0.25) is 0 Å². The number of nitrogens with one attached hydrogen (secondary N) is 1. The summed E-state index contributed by atoms with van der Waals surface area (Å²) in [6.45, 7) is 6.27. The number of rotatable bonds is 4. The Balaban J connectivity index is 1.55. The van der Waals surface area contributed by atoms with E-state index in [0.717, 1.165) is 48.4 Å². The first kappa shape index (κ1) is 17.9. The van der Waals surface area contributed by atoms with Gasteiger partial charge in [-0.1, -0.05) is 0 Å². The maximum absolute atomic E-state index is 11.9. The summed E-state index contributed by atoms with van der Waals surface area (Å²) >= 11 is 7.04. The molecule has 3 rings (SSSR count). The number of ether oxygens (including phenoxy) is 1. The van der Waals surface area contributed by atoms with Crippen LogP contribution in [0, 0.1) is 6.92 Å². The van der Waals surface area contributed by atoms with Gasteiger partial charge in [-0.3, -0.25) is 4.90 Å². The lowest BCUT2D eigenvalue weighted by molar-refractivity contribution is 0.0602. The Bertz CT molecular complexity index is 734. The SMILES string of the molecule is COC(=O)c1cc(C)sc1NC(=S)N1CCN(Cc2ccco2)CC1. The second kappa shape index (κ2) is 7.99. The first-order valence-corrected chi connectivity index (χ1v) is 9.28. The monoisotopic (exact) mass is 379 g/mol. The van der Waals surface area contributed by atoms with Gasteiger partial charge in [0.1, 0.15) is 10.8 Å². The van der Waals surface area contributed by atoms with E-state index in [-0.39, 0.29) is 5.97 Å². The molecule has 0 amide bonds. The van der Waals surface area contributed by atoms with Crippen molar-refractivity contribution in [2.24, 2.45) is 0 Å². The summed E-state index contributed by atoms with van der Waals surface area (Å²) in [6.07, 6.45) is 1.70. The average molecular weight is 380 g/mol. The van der Waals surface area contributed by atoms with Crippen molar-refractivity contribution in [1.29, 1.82) is 0 Å². The Morgan fingerprint density at radius 2 is 2.16 bits per heavy atom. The highest BCUT2D eigenvalue weighted by Gasteiger charge is 2.22. The predicted octanol–water partition coefficient (Wildman–Crippen LogP) is 2.95. The van der Waals surface area contributed by atoms with Crippen LogP contribution in [0.5, 0.6) is 0 Å². The van der Waals surface area contributed by atoms with Gasteiger partial charge in [0.15, 0.2) is 5.11 Å². The predicted molar refractivity (Wildman–Crippen MR) is 102 cm³/mol. The molecule has 0 unspecified atom stereocenters. The minimum Gasteiger partial charge on any atom is -0.468 e. The fourth-order valence-corrected chi connectivity index (χ4v) is 4.02. The van der Waals surface area contributed by atoms with E-state index in [4.69, 9.17) is 21.4 Å². The van der Waals surface area contributed by atoms with Gasteiger partial charge in [-0.05, 0) is 37.3 Å². The van der Waals surface area contributed by atoms with Crippen molar-refractivity contribution in [2.45, 2.75) is 13.5 Å². The molecule has 0 saturated carbocycles. The largest absolute Gasteiger partial charge is 0.468 e. The molecule has 1 saturated heterocycles. The lowest BCUT2D eigenvalue weighted by Gasteiger charge is -2.35. The number of nitrogens with zero attached hydrogens (tertiary/aromatic N) is 2. The average Bonchev–Trinajstić information content (AvgIpc) is 3.24. The molecule has 0 spiro atoms. The molecular formula is C17H21N3O3S2. The summed E-state index contributed by atoms with van der Waals surface area (Å²) in [6, 6.07) is 5.72. The third-order valence-electron chi connectivity index (χ3n) is 4.10. The van der Waals surface area contributed by atoms with Gasteiger partial charge in [0.25, 0.3) is 0 Å². The second-order valence-corrected chi connectivity index (χ2v) is 7.51. The number of methoxy groups -OCH3 is 1. The summed E-state index contributed by atoms with van der Waals surface area (Å²) in [7, 11) is 1.38. The number of furan rings is 1. The van der Waals surface area contributed by atoms with Gasteiger partial charge in [0.2, 0.25) is 0 Å². The molecule has 1 fully saturated rings. The number of carbonyl (C=O) groups excluding carboxylic acids is 1. The van der Waals surface area contributed by atoms with Crippen LogP contribution in [0.25, 0.3) is 0 Å². The third-order valence-corrected chi connectivity index (χ3v) is 5.43. The van der Waals surface area contributed by atoms with Crippen molar-refractivity contribution in [2.75, 3.05) is 38.6 Å². The standard InChI is InChI=1S/C17H21N3O3S2/c1-12-10-14(16(21)22-2)15(25-12)18-17(24)20-7-5-19(6-8-20)11-13-4-3-9-23-13/h3-4,9-10H,5-8,11H2,1-2H3,(H,18,24). The maximum Gasteiger partial charge on any atom is 0.340 e.